The van der Waals surface area contributed by atoms with Crippen molar-refractivity contribution in [2.75, 3.05) is 6.54 Å². The van der Waals surface area contributed by atoms with Gasteiger partial charge in [0.15, 0.2) is 0 Å². The molecule has 0 aliphatic carbocycles. The molecule has 8 nitrogen and oxygen atoms in total. The Labute approximate surface area is 181 Å². The van der Waals surface area contributed by atoms with Crippen molar-refractivity contribution in [3.8, 4) is 0 Å². The van der Waals surface area contributed by atoms with Crippen LogP contribution in [0.2, 0.25) is 0 Å². The van der Waals surface area contributed by atoms with E-state index in [4.69, 9.17) is 5.53 Å². The van der Waals surface area contributed by atoms with Gasteiger partial charge in [-0.2, -0.15) is 0 Å². The van der Waals surface area contributed by atoms with Gasteiger partial charge >= 0.3 is 0 Å². The third-order valence-electron chi connectivity index (χ3n) is 5.20. The summed E-state index contributed by atoms with van der Waals surface area (Å²) in [5.74, 6) is -0.0278. The summed E-state index contributed by atoms with van der Waals surface area (Å²) in [5, 5.41) is 10.1. The minimum Gasteiger partial charge on any atom is -0.351 e. The average Bonchev–Trinajstić information content (AvgIpc) is 3.10. The second kappa shape index (κ2) is 10.9. The molecular weight excluding hydrogens is 400 g/mol. The van der Waals surface area contributed by atoms with Crippen molar-refractivity contribution in [1.29, 1.82) is 0 Å². The molecule has 3 atom stereocenters. The highest BCUT2D eigenvalue weighted by Crippen LogP contribution is 2.27. The molecule has 1 heterocycles. The summed E-state index contributed by atoms with van der Waals surface area (Å²) in [7, 11) is 0. The van der Waals surface area contributed by atoms with Gasteiger partial charge in [0.1, 0.15) is 6.04 Å². The minimum atomic E-state index is -0.745. The van der Waals surface area contributed by atoms with Crippen LogP contribution in [0.1, 0.15) is 57.5 Å². The SMILES string of the molecule is CC[C@H](C)[C@@H](CN=[N+]=[N-])NC(=O)[C@H](Cc1nc2ccc(C(C)C)cc2s1)NC(C)=O. The number of thiazole rings is 1. The van der Waals surface area contributed by atoms with E-state index < -0.39 is 6.04 Å². The van der Waals surface area contributed by atoms with Gasteiger partial charge in [-0.05, 0) is 35.1 Å². The Balaban J connectivity index is 2.21. The molecule has 0 saturated carbocycles. The quantitative estimate of drug-likeness (QED) is 0.332. The predicted octanol–water partition coefficient (Wildman–Crippen LogP) is 4.31. The highest BCUT2D eigenvalue weighted by Gasteiger charge is 2.26. The Hall–Kier alpha value is -2.64. The van der Waals surface area contributed by atoms with E-state index in [0.717, 1.165) is 21.6 Å². The zero-order valence-corrected chi connectivity index (χ0v) is 19.0. The first-order valence-electron chi connectivity index (χ1n) is 10.2. The smallest absolute Gasteiger partial charge is 0.243 e. The lowest BCUT2D eigenvalue weighted by Crippen LogP contribution is -2.52. The first kappa shape index (κ1) is 23.6. The second-order valence-corrected chi connectivity index (χ2v) is 8.98. The van der Waals surface area contributed by atoms with Gasteiger partial charge in [0, 0.05) is 30.8 Å². The number of carbonyl (C=O) groups excluding carboxylic acids is 2. The molecule has 162 valence electrons. The van der Waals surface area contributed by atoms with Crippen LogP contribution in [0.3, 0.4) is 0 Å². The molecule has 0 aliphatic heterocycles. The third-order valence-corrected chi connectivity index (χ3v) is 6.24. The lowest BCUT2D eigenvalue weighted by molar-refractivity contribution is -0.128. The molecule has 1 aromatic heterocycles. The van der Waals surface area contributed by atoms with Gasteiger partial charge in [0.2, 0.25) is 11.8 Å². The van der Waals surface area contributed by atoms with Gasteiger partial charge in [0.25, 0.3) is 0 Å². The number of nitrogens with zero attached hydrogens (tertiary/aromatic N) is 4. The number of fused-ring (bicyclic) bond motifs is 1. The first-order valence-corrected chi connectivity index (χ1v) is 11.0. The molecule has 2 aromatic rings. The molecule has 0 radical (unpaired) electrons. The van der Waals surface area contributed by atoms with Crippen molar-refractivity contribution in [1.82, 2.24) is 15.6 Å². The molecule has 2 rings (SSSR count). The van der Waals surface area contributed by atoms with Gasteiger partial charge in [-0.25, -0.2) is 4.98 Å². The van der Waals surface area contributed by atoms with Crippen molar-refractivity contribution >= 4 is 33.4 Å². The van der Waals surface area contributed by atoms with Gasteiger partial charge in [-0.15, -0.1) is 11.3 Å². The van der Waals surface area contributed by atoms with Crippen LogP contribution in [-0.2, 0) is 16.0 Å². The summed E-state index contributed by atoms with van der Waals surface area (Å²) in [4.78, 5) is 32.1. The van der Waals surface area contributed by atoms with Crippen LogP contribution >= 0.6 is 11.3 Å². The average molecular weight is 431 g/mol. The van der Waals surface area contributed by atoms with Crippen LogP contribution in [0, 0.1) is 5.92 Å². The Bertz CT molecular complexity index is 935. The van der Waals surface area contributed by atoms with Crippen molar-refractivity contribution in [3.05, 3.63) is 39.2 Å². The lowest BCUT2D eigenvalue weighted by Gasteiger charge is -2.25. The van der Waals surface area contributed by atoms with Crippen LogP contribution in [0.4, 0.5) is 0 Å². The Morgan fingerprint density at radius 2 is 2.00 bits per heavy atom. The van der Waals surface area contributed by atoms with E-state index in [1.165, 1.54) is 23.8 Å². The summed E-state index contributed by atoms with van der Waals surface area (Å²) in [5.41, 5.74) is 10.8. The van der Waals surface area contributed by atoms with Crippen LogP contribution in [0.25, 0.3) is 20.7 Å². The summed E-state index contributed by atoms with van der Waals surface area (Å²) in [6, 6.07) is 5.16. The Morgan fingerprint density at radius 1 is 1.27 bits per heavy atom. The maximum atomic E-state index is 13.0. The molecule has 0 saturated heterocycles. The highest BCUT2D eigenvalue weighted by atomic mass is 32.1. The fourth-order valence-corrected chi connectivity index (χ4v) is 4.19. The fourth-order valence-electron chi connectivity index (χ4n) is 3.12. The van der Waals surface area contributed by atoms with Gasteiger partial charge in [-0.3, -0.25) is 9.59 Å². The van der Waals surface area contributed by atoms with Crippen molar-refractivity contribution in [3.63, 3.8) is 0 Å². The molecule has 30 heavy (non-hydrogen) atoms. The summed E-state index contributed by atoms with van der Waals surface area (Å²) in [6.07, 6.45) is 1.13. The van der Waals surface area contributed by atoms with Crippen LogP contribution in [0.15, 0.2) is 23.3 Å². The number of aromatic nitrogens is 1. The maximum absolute atomic E-state index is 13.0. The van der Waals surface area contributed by atoms with Gasteiger partial charge < -0.3 is 10.6 Å². The van der Waals surface area contributed by atoms with Crippen LogP contribution in [-0.4, -0.2) is 35.4 Å². The standard InChI is InChI=1S/C21H30N6O2S/c1-6-13(4)18(11-23-27-22)26-21(29)17(24-14(5)28)10-20-25-16-8-7-15(12(2)3)9-19(16)30-20/h7-9,12-13,17-18H,6,10-11H2,1-5H3,(H,24,28)(H,26,29)/t13-,17-,18+/m0/s1. The van der Waals surface area contributed by atoms with Gasteiger partial charge in [-0.1, -0.05) is 45.3 Å². The first-order chi connectivity index (χ1) is 14.2. The van der Waals surface area contributed by atoms with Crippen molar-refractivity contribution < 1.29 is 9.59 Å². The Morgan fingerprint density at radius 3 is 2.60 bits per heavy atom. The zero-order chi connectivity index (χ0) is 22.3. The number of benzene rings is 1. The van der Waals surface area contributed by atoms with E-state index in [0.29, 0.717) is 12.3 Å². The van der Waals surface area contributed by atoms with E-state index in [9.17, 15) is 9.59 Å². The molecule has 2 N–H and O–H groups in total. The molecule has 9 heteroatoms. The highest BCUT2D eigenvalue weighted by molar-refractivity contribution is 7.18. The lowest BCUT2D eigenvalue weighted by atomic mass is 9.98. The van der Waals surface area contributed by atoms with Crippen molar-refractivity contribution in [2.45, 2.75) is 65.5 Å². The monoisotopic (exact) mass is 430 g/mol. The molecule has 0 unspecified atom stereocenters. The predicted molar refractivity (Wildman–Crippen MR) is 120 cm³/mol. The maximum Gasteiger partial charge on any atom is 0.243 e. The molecule has 1 aromatic carbocycles. The summed E-state index contributed by atoms with van der Waals surface area (Å²) >= 11 is 1.54. The van der Waals surface area contributed by atoms with E-state index in [1.807, 2.05) is 19.9 Å². The van der Waals surface area contributed by atoms with E-state index in [2.05, 4.69) is 51.6 Å². The molecular formula is C21H30N6O2S. The van der Waals surface area contributed by atoms with E-state index in [-0.39, 0.29) is 30.3 Å². The number of azide groups is 1. The topological polar surface area (TPSA) is 120 Å². The minimum absolute atomic E-state index is 0.134. The van der Waals surface area contributed by atoms with Gasteiger partial charge in [0.05, 0.1) is 15.2 Å². The largest absolute Gasteiger partial charge is 0.351 e. The van der Waals surface area contributed by atoms with E-state index >= 15 is 0 Å². The van der Waals surface area contributed by atoms with Crippen LogP contribution < -0.4 is 10.6 Å². The summed E-state index contributed by atoms with van der Waals surface area (Å²) in [6.45, 7) is 9.85. The van der Waals surface area contributed by atoms with E-state index in [1.54, 1.807) is 0 Å². The zero-order valence-electron chi connectivity index (χ0n) is 18.2. The molecule has 0 aliphatic rings. The third kappa shape index (κ3) is 6.43. The summed E-state index contributed by atoms with van der Waals surface area (Å²) < 4.78 is 1.07. The molecule has 0 bridgehead atoms. The fraction of sp³-hybridized carbons (Fsp3) is 0.571. The number of nitrogens with one attached hydrogen (secondary N) is 2. The number of amides is 2. The Kier molecular flexibility index (Phi) is 8.62. The number of hydrogen-bond donors (Lipinski definition) is 2. The van der Waals surface area contributed by atoms with Crippen LogP contribution in [0.5, 0.6) is 0 Å². The number of carbonyl (C=O) groups is 2. The number of hydrogen-bond acceptors (Lipinski definition) is 5. The van der Waals surface area contributed by atoms with Crippen molar-refractivity contribution in [2.24, 2.45) is 11.0 Å². The normalized spacial score (nSPS) is 14.1. The molecule has 0 spiro atoms. The second-order valence-electron chi connectivity index (χ2n) is 7.86. The molecule has 0 fully saturated rings. The molecule has 2 amide bonds. The number of rotatable bonds is 10.